The molecule has 1 fully saturated rings. The van der Waals surface area contributed by atoms with Crippen molar-refractivity contribution in [3.63, 3.8) is 0 Å². The van der Waals surface area contributed by atoms with E-state index in [1.807, 2.05) is 0 Å². The summed E-state index contributed by atoms with van der Waals surface area (Å²) >= 11 is -2.07. The Morgan fingerprint density at radius 1 is 0.964 bits per heavy atom. The highest BCUT2D eigenvalue weighted by Crippen LogP contribution is 2.28. The van der Waals surface area contributed by atoms with E-state index >= 15 is 0 Å². The van der Waals surface area contributed by atoms with Crippen molar-refractivity contribution in [1.29, 1.82) is 0 Å². The smallest absolute Gasteiger partial charge is 0.253 e. The molecule has 1 amide bonds. The molecule has 0 aromatic heterocycles. The van der Waals surface area contributed by atoms with Crippen LogP contribution in [0.5, 0.6) is 0 Å². The summed E-state index contributed by atoms with van der Waals surface area (Å²) < 4.78 is 21.7. The maximum atomic E-state index is 12.9. The lowest BCUT2D eigenvalue weighted by molar-refractivity contribution is 0.0698. The fraction of sp³-hybridized carbons (Fsp3) is 0.286. The largest absolute Gasteiger partial charge is 0.772 e. The molecule has 0 radical (unpaired) electrons. The van der Waals surface area contributed by atoms with Gasteiger partial charge in [-0.15, -0.1) is 0 Å². The first kappa shape index (κ1) is 18.7. The molecule has 2 aromatic rings. The van der Waals surface area contributed by atoms with Crippen molar-refractivity contribution in [1.82, 2.24) is 4.90 Å². The van der Waals surface area contributed by atoms with Crippen LogP contribution in [-0.2, 0) is 11.1 Å². The Hall–Kier alpha value is -2.64. The molecule has 1 aliphatic heterocycles. The predicted octanol–water partition coefficient (Wildman–Crippen LogP) is 2.19. The van der Waals surface area contributed by atoms with Crippen LogP contribution in [0.4, 0.5) is 0 Å². The minimum Gasteiger partial charge on any atom is -0.772 e. The second-order valence-electron chi connectivity index (χ2n) is 7.17. The molecule has 1 atom stereocenters. The Bertz CT molecular complexity index is 1010. The molecule has 0 N–H and O–H groups in total. The van der Waals surface area contributed by atoms with Gasteiger partial charge in [0.2, 0.25) is 0 Å². The van der Waals surface area contributed by atoms with Crippen molar-refractivity contribution in [3.05, 3.63) is 70.3 Å². The number of hydrogen-bond acceptors (Lipinski definition) is 5. The summed E-state index contributed by atoms with van der Waals surface area (Å²) in [5, 5.41) is 0. The number of hydrogen-bond donors (Lipinski definition) is 0. The maximum absolute atomic E-state index is 12.9. The van der Waals surface area contributed by atoms with Gasteiger partial charge < -0.3 is 9.45 Å². The average molecular weight is 396 g/mol. The lowest BCUT2D eigenvalue weighted by Crippen LogP contribution is -2.39. The molecule has 144 valence electrons. The Morgan fingerprint density at radius 3 is 2.14 bits per heavy atom. The molecular formula is C21H18NO5S-. The first-order valence-corrected chi connectivity index (χ1v) is 10.4. The Morgan fingerprint density at radius 2 is 1.54 bits per heavy atom. The topological polar surface area (TPSA) is 94.6 Å². The van der Waals surface area contributed by atoms with E-state index in [0.29, 0.717) is 48.2 Å². The molecule has 1 saturated heterocycles. The predicted molar refractivity (Wildman–Crippen MR) is 102 cm³/mol. The number of ketones is 2. The summed E-state index contributed by atoms with van der Waals surface area (Å²) in [6.45, 7) is 0.959. The average Bonchev–Trinajstić information content (AvgIpc) is 2.71. The Labute approximate surface area is 164 Å². The minimum atomic E-state index is -2.07. The molecule has 7 heteroatoms. The Kier molecular flexibility index (Phi) is 4.95. The first-order valence-electron chi connectivity index (χ1n) is 9.13. The van der Waals surface area contributed by atoms with E-state index in [9.17, 15) is 23.1 Å². The summed E-state index contributed by atoms with van der Waals surface area (Å²) in [5.41, 5.74) is 1.68. The van der Waals surface area contributed by atoms with E-state index in [2.05, 4.69) is 0 Å². The number of piperidine rings is 1. The molecule has 4 rings (SSSR count). The van der Waals surface area contributed by atoms with Crippen LogP contribution in [0.15, 0.2) is 42.5 Å². The van der Waals surface area contributed by atoms with E-state index in [4.69, 9.17) is 0 Å². The lowest BCUT2D eigenvalue weighted by Gasteiger charge is -2.32. The third-order valence-electron chi connectivity index (χ3n) is 5.45. The summed E-state index contributed by atoms with van der Waals surface area (Å²) in [6.07, 6.45) is 1.27. The second-order valence-corrected chi connectivity index (χ2v) is 8.11. The number of carbonyl (C=O) groups excluding carboxylic acids is 3. The zero-order valence-corrected chi connectivity index (χ0v) is 15.9. The van der Waals surface area contributed by atoms with Crippen LogP contribution in [0.3, 0.4) is 0 Å². The van der Waals surface area contributed by atoms with Gasteiger partial charge in [-0.3, -0.25) is 18.6 Å². The van der Waals surface area contributed by atoms with E-state index in [0.717, 1.165) is 0 Å². The zero-order chi connectivity index (χ0) is 19.8. The van der Waals surface area contributed by atoms with Gasteiger partial charge in [0.05, 0.1) is 0 Å². The molecule has 0 bridgehead atoms. The van der Waals surface area contributed by atoms with Gasteiger partial charge in [-0.1, -0.05) is 35.3 Å². The summed E-state index contributed by atoms with van der Waals surface area (Å²) in [6, 6.07) is 11.3. The van der Waals surface area contributed by atoms with Gasteiger partial charge in [0.1, 0.15) is 0 Å². The number of benzene rings is 2. The number of carbonyl (C=O) groups is 3. The van der Waals surface area contributed by atoms with E-state index < -0.39 is 11.1 Å². The minimum absolute atomic E-state index is 0.0709. The number of amides is 1. The third-order valence-corrected chi connectivity index (χ3v) is 6.19. The zero-order valence-electron chi connectivity index (χ0n) is 15.1. The molecule has 0 spiro atoms. The third kappa shape index (κ3) is 3.31. The van der Waals surface area contributed by atoms with Crippen LogP contribution in [0.1, 0.15) is 55.0 Å². The lowest BCUT2D eigenvalue weighted by atomic mass is 9.83. The Balaban J connectivity index is 1.56. The number of rotatable bonds is 3. The van der Waals surface area contributed by atoms with Gasteiger partial charge in [0, 0.05) is 46.7 Å². The van der Waals surface area contributed by atoms with Gasteiger partial charge in [-0.25, -0.2) is 0 Å². The highest BCUT2D eigenvalue weighted by Gasteiger charge is 2.31. The molecule has 0 saturated carbocycles. The van der Waals surface area contributed by atoms with Crippen molar-refractivity contribution in [2.75, 3.05) is 18.8 Å². The standard InChI is InChI=1S/C21H19NO5S/c23-19-15-3-1-2-4-16(15)20(24)18-11-14(5-6-17(18)19)21(25)22-9-7-13(8-10-22)12-28(26)27/h1-6,11,13H,7-10,12H2,(H,26,27)/p-1. The van der Waals surface area contributed by atoms with Crippen LogP contribution in [0, 0.1) is 5.92 Å². The molecule has 2 aliphatic rings. The van der Waals surface area contributed by atoms with Crippen molar-refractivity contribution < 1.29 is 23.1 Å². The summed E-state index contributed by atoms with van der Waals surface area (Å²) in [5.74, 6) is -0.478. The van der Waals surface area contributed by atoms with E-state index in [1.54, 1.807) is 41.3 Å². The van der Waals surface area contributed by atoms with Crippen LogP contribution in [0.25, 0.3) is 0 Å². The van der Waals surface area contributed by atoms with Crippen molar-refractivity contribution in [2.45, 2.75) is 12.8 Å². The van der Waals surface area contributed by atoms with Gasteiger partial charge in [-0.2, -0.15) is 0 Å². The molecule has 1 unspecified atom stereocenters. The van der Waals surface area contributed by atoms with Crippen LogP contribution in [-0.4, -0.2) is 50.0 Å². The quantitative estimate of drug-likeness (QED) is 0.633. The SMILES string of the molecule is O=C1c2ccccc2C(=O)c2cc(C(=O)N3CCC(CS(=O)[O-])CC3)ccc21. The fourth-order valence-corrected chi connectivity index (χ4v) is 4.63. The fourth-order valence-electron chi connectivity index (χ4n) is 3.91. The monoisotopic (exact) mass is 396 g/mol. The summed E-state index contributed by atoms with van der Waals surface area (Å²) in [7, 11) is 0. The molecule has 6 nitrogen and oxygen atoms in total. The highest BCUT2D eigenvalue weighted by atomic mass is 32.2. The summed E-state index contributed by atoms with van der Waals surface area (Å²) in [4.78, 5) is 40.0. The van der Waals surface area contributed by atoms with Crippen LogP contribution >= 0.6 is 0 Å². The van der Waals surface area contributed by atoms with Crippen molar-refractivity contribution in [2.24, 2.45) is 5.92 Å². The van der Waals surface area contributed by atoms with Gasteiger partial charge in [-0.05, 0) is 37.0 Å². The maximum Gasteiger partial charge on any atom is 0.253 e. The molecule has 28 heavy (non-hydrogen) atoms. The normalized spacial score (nSPS) is 17.8. The van der Waals surface area contributed by atoms with Gasteiger partial charge in [0.15, 0.2) is 11.6 Å². The van der Waals surface area contributed by atoms with Crippen molar-refractivity contribution in [3.8, 4) is 0 Å². The van der Waals surface area contributed by atoms with Gasteiger partial charge >= 0.3 is 0 Å². The molecule has 1 heterocycles. The molecule has 1 aliphatic carbocycles. The number of likely N-dealkylation sites (tertiary alicyclic amines) is 1. The second kappa shape index (κ2) is 7.41. The first-order chi connectivity index (χ1) is 13.5. The van der Waals surface area contributed by atoms with Crippen LogP contribution < -0.4 is 0 Å². The van der Waals surface area contributed by atoms with E-state index in [-0.39, 0.29) is 34.7 Å². The molecular weight excluding hydrogens is 378 g/mol. The highest BCUT2D eigenvalue weighted by molar-refractivity contribution is 7.79. The van der Waals surface area contributed by atoms with Gasteiger partial charge in [0.25, 0.3) is 5.91 Å². The number of nitrogens with zero attached hydrogens (tertiary/aromatic N) is 1. The van der Waals surface area contributed by atoms with Crippen LogP contribution in [0.2, 0.25) is 0 Å². The number of fused-ring (bicyclic) bond motifs is 2. The molecule has 2 aromatic carbocycles. The van der Waals surface area contributed by atoms with Crippen molar-refractivity contribution >= 4 is 28.6 Å². The van der Waals surface area contributed by atoms with E-state index in [1.165, 1.54) is 6.07 Å².